The van der Waals surface area contributed by atoms with Gasteiger partial charge in [-0.2, -0.15) is 0 Å². The lowest BCUT2D eigenvalue weighted by molar-refractivity contribution is -0.384. The zero-order chi connectivity index (χ0) is 25.7. The molecule has 3 aromatic carbocycles. The van der Waals surface area contributed by atoms with Gasteiger partial charge in [-0.05, 0) is 23.4 Å². The topological polar surface area (TPSA) is 143 Å². The zero-order valence-electron chi connectivity index (χ0n) is 19.6. The van der Waals surface area contributed by atoms with Crippen molar-refractivity contribution < 1.29 is 14.5 Å². The highest BCUT2D eigenvalue weighted by atomic mass is 32.2. The number of non-ortho nitro benzene ring substituents is 1. The van der Waals surface area contributed by atoms with Crippen LogP contribution in [0.3, 0.4) is 0 Å². The Bertz CT molecular complexity index is 1420. The number of anilines is 1. The number of hydrogen-bond donors (Lipinski definition) is 3. The normalized spacial score (nSPS) is 11.9. The van der Waals surface area contributed by atoms with Gasteiger partial charge in [0.1, 0.15) is 5.82 Å². The number of carbonyl (C=O) groups excluding carboxylic acids is 2. The van der Waals surface area contributed by atoms with E-state index in [0.717, 1.165) is 16.5 Å². The highest BCUT2D eigenvalue weighted by molar-refractivity contribution is 7.99. The number of aromatic amines is 1. The van der Waals surface area contributed by atoms with Gasteiger partial charge in [-0.25, -0.2) is 4.98 Å². The molecule has 0 unspecified atom stereocenters. The third kappa shape index (κ3) is 5.87. The number of nitro groups is 1. The number of nitrogens with one attached hydrogen (secondary N) is 3. The third-order valence-electron chi connectivity index (χ3n) is 5.45. The van der Waals surface area contributed by atoms with Crippen LogP contribution in [0, 0.1) is 16.0 Å². The van der Waals surface area contributed by atoms with E-state index in [1.807, 2.05) is 56.3 Å². The summed E-state index contributed by atoms with van der Waals surface area (Å²) in [6.45, 7) is 3.82. The van der Waals surface area contributed by atoms with Crippen molar-refractivity contribution in [1.82, 2.24) is 20.5 Å². The second-order valence-corrected chi connectivity index (χ2v) is 9.31. The molecular weight excluding hydrogens is 480 g/mol. The SMILES string of the molecule is CC(C)[C@@H](NC(=O)c1cccc([N+](=O)[O-])c1)c1nc(SCC(=O)Nc2cccc3ccccc23)n[nH]1. The number of thioether (sulfide) groups is 1. The third-order valence-corrected chi connectivity index (χ3v) is 6.29. The Morgan fingerprint density at radius 3 is 2.61 bits per heavy atom. The fourth-order valence-corrected chi connectivity index (χ4v) is 4.25. The van der Waals surface area contributed by atoms with E-state index < -0.39 is 16.9 Å². The second-order valence-electron chi connectivity index (χ2n) is 8.37. The van der Waals surface area contributed by atoms with Crippen molar-refractivity contribution in [3.05, 3.63) is 88.2 Å². The second kappa shape index (κ2) is 11.0. The smallest absolute Gasteiger partial charge is 0.270 e. The highest BCUT2D eigenvalue weighted by Crippen LogP contribution is 2.25. The molecule has 1 aromatic heterocycles. The lowest BCUT2D eigenvalue weighted by Gasteiger charge is -2.19. The van der Waals surface area contributed by atoms with Crippen LogP contribution in [-0.2, 0) is 4.79 Å². The van der Waals surface area contributed by atoms with E-state index in [0.29, 0.717) is 11.0 Å². The van der Waals surface area contributed by atoms with E-state index in [1.54, 1.807) is 0 Å². The number of fused-ring (bicyclic) bond motifs is 1. The van der Waals surface area contributed by atoms with Gasteiger partial charge in [0.15, 0.2) is 0 Å². The summed E-state index contributed by atoms with van der Waals surface area (Å²) < 4.78 is 0. The average molecular weight is 505 g/mol. The summed E-state index contributed by atoms with van der Waals surface area (Å²) in [6, 6.07) is 18.5. The minimum absolute atomic E-state index is 0.0480. The lowest BCUT2D eigenvalue weighted by atomic mass is 10.0. The summed E-state index contributed by atoms with van der Waals surface area (Å²) in [5.74, 6) is -0.166. The van der Waals surface area contributed by atoms with Gasteiger partial charge >= 0.3 is 0 Å². The first-order valence-corrected chi connectivity index (χ1v) is 12.2. The van der Waals surface area contributed by atoms with Gasteiger partial charge < -0.3 is 10.6 Å². The number of benzene rings is 3. The van der Waals surface area contributed by atoms with Crippen LogP contribution in [0.4, 0.5) is 11.4 Å². The molecule has 4 rings (SSSR count). The molecule has 1 atom stereocenters. The molecular formula is C25H24N6O4S. The number of nitro benzene ring substituents is 1. The Morgan fingerprint density at radius 1 is 1.08 bits per heavy atom. The molecule has 0 saturated heterocycles. The maximum absolute atomic E-state index is 12.7. The fraction of sp³-hybridized carbons (Fsp3) is 0.200. The quantitative estimate of drug-likeness (QED) is 0.170. The summed E-state index contributed by atoms with van der Waals surface area (Å²) in [6.07, 6.45) is 0. The summed E-state index contributed by atoms with van der Waals surface area (Å²) in [5.41, 5.74) is 0.746. The van der Waals surface area contributed by atoms with Gasteiger partial charge in [0.2, 0.25) is 11.1 Å². The Kier molecular flexibility index (Phi) is 7.59. The summed E-state index contributed by atoms with van der Waals surface area (Å²) >= 11 is 1.17. The molecule has 11 heteroatoms. The molecule has 0 fully saturated rings. The Labute approximate surface area is 211 Å². The summed E-state index contributed by atoms with van der Waals surface area (Å²) in [5, 5.41) is 26.2. The molecule has 36 heavy (non-hydrogen) atoms. The number of aromatic nitrogens is 3. The molecule has 1 heterocycles. The Morgan fingerprint density at radius 2 is 1.83 bits per heavy atom. The minimum atomic E-state index is -0.549. The molecule has 0 aliphatic carbocycles. The van der Waals surface area contributed by atoms with Gasteiger partial charge in [-0.1, -0.05) is 68.1 Å². The number of amides is 2. The predicted octanol–water partition coefficient (Wildman–Crippen LogP) is 4.72. The number of rotatable bonds is 9. The van der Waals surface area contributed by atoms with E-state index in [1.165, 1.54) is 36.0 Å². The molecule has 0 spiro atoms. The first kappa shape index (κ1) is 24.9. The van der Waals surface area contributed by atoms with E-state index in [4.69, 9.17) is 0 Å². The molecule has 0 bridgehead atoms. The van der Waals surface area contributed by atoms with Crippen molar-refractivity contribution in [1.29, 1.82) is 0 Å². The molecule has 0 saturated carbocycles. The fourth-order valence-electron chi connectivity index (χ4n) is 3.65. The van der Waals surface area contributed by atoms with Crippen LogP contribution in [0.5, 0.6) is 0 Å². The van der Waals surface area contributed by atoms with E-state index in [9.17, 15) is 19.7 Å². The first-order valence-electron chi connectivity index (χ1n) is 11.2. The van der Waals surface area contributed by atoms with Gasteiger partial charge in [-0.3, -0.25) is 24.8 Å². The molecule has 10 nitrogen and oxygen atoms in total. The largest absolute Gasteiger partial charge is 0.342 e. The monoisotopic (exact) mass is 504 g/mol. The van der Waals surface area contributed by atoms with E-state index in [-0.39, 0.29) is 28.8 Å². The molecule has 0 aliphatic heterocycles. The number of nitrogens with zero attached hydrogens (tertiary/aromatic N) is 3. The standard InChI is InChI=1S/C25H24N6O4S/c1-15(2)22(27-24(33)17-9-5-10-18(13-17)31(34)35)23-28-25(30-29-23)36-14-21(32)26-20-12-6-8-16-7-3-4-11-19(16)20/h3-13,15,22H,14H2,1-2H3,(H,26,32)(H,27,33)(H,28,29,30)/t22-/m1/s1. The van der Waals surface area contributed by atoms with Gasteiger partial charge in [0, 0.05) is 28.8 Å². The van der Waals surface area contributed by atoms with Crippen LogP contribution in [0.15, 0.2) is 71.9 Å². The number of carbonyl (C=O) groups is 2. The number of hydrogen-bond acceptors (Lipinski definition) is 7. The molecule has 3 N–H and O–H groups in total. The summed E-state index contributed by atoms with van der Waals surface area (Å²) in [4.78, 5) is 40.2. The van der Waals surface area contributed by atoms with Crippen LogP contribution >= 0.6 is 11.8 Å². The molecule has 2 amide bonds. The summed E-state index contributed by atoms with van der Waals surface area (Å²) in [7, 11) is 0. The molecule has 4 aromatic rings. The minimum Gasteiger partial charge on any atom is -0.342 e. The number of H-pyrrole nitrogens is 1. The van der Waals surface area contributed by atoms with Crippen molar-refractivity contribution in [2.45, 2.75) is 25.0 Å². The lowest BCUT2D eigenvalue weighted by Crippen LogP contribution is -2.32. The van der Waals surface area contributed by atoms with Crippen LogP contribution in [0.2, 0.25) is 0 Å². The molecule has 0 aliphatic rings. The molecule has 0 radical (unpaired) electrons. The van der Waals surface area contributed by atoms with Crippen LogP contribution in [0.25, 0.3) is 10.8 Å². The van der Waals surface area contributed by atoms with Gasteiger partial charge in [-0.15, -0.1) is 5.10 Å². The van der Waals surface area contributed by atoms with Crippen molar-refractivity contribution in [3.63, 3.8) is 0 Å². The van der Waals surface area contributed by atoms with E-state index in [2.05, 4.69) is 25.8 Å². The Hall–Kier alpha value is -4.25. The predicted molar refractivity (Wildman–Crippen MR) is 138 cm³/mol. The van der Waals surface area contributed by atoms with Gasteiger partial charge in [0.05, 0.1) is 16.7 Å². The average Bonchev–Trinajstić information content (AvgIpc) is 3.34. The maximum atomic E-state index is 12.7. The molecule has 184 valence electrons. The Balaban J connectivity index is 1.39. The first-order chi connectivity index (χ1) is 17.3. The maximum Gasteiger partial charge on any atom is 0.270 e. The van der Waals surface area contributed by atoms with Crippen LogP contribution in [0.1, 0.15) is 36.1 Å². The van der Waals surface area contributed by atoms with Crippen molar-refractivity contribution >= 4 is 45.7 Å². The van der Waals surface area contributed by atoms with Crippen molar-refractivity contribution in [2.24, 2.45) is 5.92 Å². The van der Waals surface area contributed by atoms with Crippen LogP contribution in [-0.4, -0.2) is 37.7 Å². The van der Waals surface area contributed by atoms with Gasteiger partial charge in [0.25, 0.3) is 11.6 Å². The van der Waals surface area contributed by atoms with Crippen molar-refractivity contribution in [2.75, 3.05) is 11.1 Å². The van der Waals surface area contributed by atoms with E-state index >= 15 is 0 Å². The zero-order valence-corrected chi connectivity index (χ0v) is 20.4. The van der Waals surface area contributed by atoms with Crippen molar-refractivity contribution in [3.8, 4) is 0 Å². The highest BCUT2D eigenvalue weighted by Gasteiger charge is 2.24. The van der Waals surface area contributed by atoms with Crippen LogP contribution < -0.4 is 10.6 Å².